The van der Waals surface area contributed by atoms with Crippen LogP contribution in [0.1, 0.15) is 6.92 Å². The molecule has 0 aromatic heterocycles. The first-order chi connectivity index (χ1) is 7.86. The number of esters is 1. The predicted octanol–water partition coefficient (Wildman–Crippen LogP) is 1.98. The van der Waals surface area contributed by atoms with E-state index in [4.69, 9.17) is 0 Å². The third-order valence-corrected chi connectivity index (χ3v) is 3.33. The summed E-state index contributed by atoms with van der Waals surface area (Å²) < 4.78 is 29.9. The standard InChI is InChI=1S/C11H12F2O3S/c1-11(15,10(14)16-2)6-17-7-3-4-8(12)9(13)5-7/h3-5,15H,6H2,1-2H3. The summed E-state index contributed by atoms with van der Waals surface area (Å²) in [5.41, 5.74) is -1.66. The fraction of sp³-hybridized carbons (Fsp3) is 0.364. The van der Waals surface area contributed by atoms with Gasteiger partial charge in [-0.05, 0) is 25.1 Å². The number of carbonyl (C=O) groups is 1. The van der Waals surface area contributed by atoms with Crippen molar-refractivity contribution in [2.75, 3.05) is 12.9 Å². The summed E-state index contributed by atoms with van der Waals surface area (Å²) in [7, 11) is 1.17. The first-order valence-electron chi connectivity index (χ1n) is 4.75. The molecule has 0 bridgehead atoms. The van der Waals surface area contributed by atoms with Crippen molar-refractivity contribution < 1.29 is 23.4 Å². The molecule has 94 valence electrons. The van der Waals surface area contributed by atoms with Crippen molar-refractivity contribution in [3.63, 3.8) is 0 Å². The first-order valence-corrected chi connectivity index (χ1v) is 5.74. The van der Waals surface area contributed by atoms with Crippen LogP contribution in [-0.2, 0) is 9.53 Å². The van der Waals surface area contributed by atoms with Crippen LogP contribution in [0.3, 0.4) is 0 Å². The van der Waals surface area contributed by atoms with Crippen molar-refractivity contribution in [1.82, 2.24) is 0 Å². The maximum Gasteiger partial charge on any atom is 0.338 e. The van der Waals surface area contributed by atoms with Gasteiger partial charge in [0.1, 0.15) is 0 Å². The van der Waals surface area contributed by atoms with Gasteiger partial charge in [0.15, 0.2) is 17.2 Å². The molecule has 3 nitrogen and oxygen atoms in total. The van der Waals surface area contributed by atoms with Crippen molar-refractivity contribution in [2.24, 2.45) is 0 Å². The number of ether oxygens (including phenoxy) is 1. The highest BCUT2D eigenvalue weighted by Gasteiger charge is 2.31. The van der Waals surface area contributed by atoms with Crippen LogP contribution >= 0.6 is 11.8 Å². The van der Waals surface area contributed by atoms with E-state index in [2.05, 4.69) is 4.74 Å². The van der Waals surface area contributed by atoms with Gasteiger partial charge < -0.3 is 9.84 Å². The number of thioether (sulfide) groups is 1. The molecule has 0 radical (unpaired) electrons. The van der Waals surface area contributed by atoms with E-state index in [-0.39, 0.29) is 5.75 Å². The zero-order valence-electron chi connectivity index (χ0n) is 9.37. The van der Waals surface area contributed by atoms with Gasteiger partial charge in [0.05, 0.1) is 7.11 Å². The van der Waals surface area contributed by atoms with Gasteiger partial charge in [-0.3, -0.25) is 0 Å². The van der Waals surface area contributed by atoms with Gasteiger partial charge in [-0.25, -0.2) is 13.6 Å². The molecule has 6 heteroatoms. The molecule has 1 aromatic carbocycles. The average Bonchev–Trinajstić information content (AvgIpc) is 2.29. The Balaban J connectivity index is 2.67. The van der Waals surface area contributed by atoms with Crippen molar-refractivity contribution in [2.45, 2.75) is 17.4 Å². The summed E-state index contributed by atoms with van der Waals surface area (Å²) in [4.78, 5) is 11.6. The highest BCUT2D eigenvalue weighted by atomic mass is 32.2. The molecule has 0 aliphatic carbocycles. The van der Waals surface area contributed by atoms with Crippen LogP contribution in [-0.4, -0.2) is 29.5 Å². The second kappa shape index (κ2) is 5.46. The molecule has 1 N–H and O–H groups in total. The maximum atomic E-state index is 12.9. The highest BCUT2D eigenvalue weighted by Crippen LogP contribution is 2.24. The zero-order valence-corrected chi connectivity index (χ0v) is 10.2. The lowest BCUT2D eigenvalue weighted by Crippen LogP contribution is -2.38. The van der Waals surface area contributed by atoms with Crippen LogP contribution < -0.4 is 0 Å². The van der Waals surface area contributed by atoms with E-state index in [0.717, 1.165) is 23.9 Å². The van der Waals surface area contributed by atoms with Crippen LogP contribution in [0.4, 0.5) is 8.78 Å². The van der Waals surface area contributed by atoms with E-state index in [1.807, 2.05) is 0 Å². The Morgan fingerprint density at radius 1 is 1.47 bits per heavy atom. The summed E-state index contributed by atoms with van der Waals surface area (Å²) in [5.74, 6) is -2.68. The van der Waals surface area contributed by atoms with Crippen LogP contribution in [0.15, 0.2) is 23.1 Å². The minimum atomic E-state index is -1.66. The number of carbonyl (C=O) groups excluding carboxylic acids is 1. The Bertz CT molecular complexity index is 421. The molecular formula is C11H12F2O3S. The molecule has 0 heterocycles. The SMILES string of the molecule is COC(=O)C(C)(O)CSc1ccc(F)c(F)c1. The lowest BCUT2D eigenvalue weighted by atomic mass is 10.1. The fourth-order valence-corrected chi connectivity index (χ4v) is 1.99. The summed E-state index contributed by atoms with van der Waals surface area (Å²) in [6.45, 7) is 1.30. The van der Waals surface area contributed by atoms with Crippen LogP contribution in [0.2, 0.25) is 0 Å². The van der Waals surface area contributed by atoms with E-state index < -0.39 is 23.2 Å². The number of methoxy groups -OCH3 is 1. The number of hydrogen-bond acceptors (Lipinski definition) is 4. The van der Waals surface area contributed by atoms with Crippen LogP contribution in [0.25, 0.3) is 0 Å². The molecule has 1 atom stereocenters. The van der Waals surface area contributed by atoms with Crippen LogP contribution in [0, 0.1) is 11.6 Å². The monoisotopic (exact) mass is 262 g/mol. The molecule has 17 heavy (non-hydrogen) atoms. The van der Waals surface area contributed by atoms with Gasteiger partial charge in [0.25, 0.3) is 0 Å². The minimum absolute atomic E-state index is 0.00918. The number of aliphatic hydroxyl groups is 1. The number of halogens is 2. The Kier molecular flexibility index (Phi) is 4.47. The maximum absolute atomic E-state index is 12.9. The van der Waals surface area contributed by atoms with Gasteiger partial charge in [0, 0.05) is 10.6 Å². The van der Waals surface area contributed by atoms with E-state index in [1.165, 1.54) is 20.1 Å². The van der Waals surface area contributed by atoms with Gasteiger partial charge in [-0.2, -0.15) is 0 Å². The predicted molar refractivity (Wildman–Crippen MR) is 59.7 cm³/mol. The van der Waals surface area contributed by atoms with E-state index in [9.17, 15) is 18.7 Å². The second-order valence-electron chi connectivity index (χ2n) is 3.63. The quantitative estimate of drug-likeness (QED) is 0.666. The summed E-state index contributed by atoms with van der Waals surface area (Å²) >= 11 is 1.04. The third kappa shape index (κ3) is 3.67. The molecule has 0 aliphatic rings. The van der Waals surface area contributed by atoms with E-state index in [0.29, 0.717) is 4.90 Å². The van der Waals surface area contributed by atoms with Crippen molar-refractivity contribution in [3.8, 4) is 0 Å². The molecule has 1 unspecified atom stereocenters. The van der Waals surface area contributed by atoms with E-state index in [1.54, 1.807) is 0 Å². The molecular weight excluding hydrogens is 250 g/mol. The number of benzene rings is 1. The Labute approximate surface area is 102 Å². The summed E-state index contributed by atoms with van der Waals surface area (Å²) in [6.07, 6.45) is 0. The minimum Gasteiger partial charge on any atom is -0.467 e. The lowest BCUT2D eigenvalue weighted by Gasteiger charge is -2.19. The third-order valence-electron chi connectivity index (χ3n) is 2.04. The molecule has 0 spiro atoms. The van der Waals surface area contributed by atoms with Crippen molar-refractivity contribution >= 4 is 17.7 Å². The molecule has 1 rings (SSSR count). The molecule has 0 saturated carbocycles. The molecule has 0 saturated heterocycles. The molecule has 0 amide bonds. The van der Waals surface area contributed by atoms with Crippen molar-refractivity contribution in [3.05, 3.63) is 29.8 Å². The summed E-state index contributed by atoms with van der Waals surface area (Å²) in [6, 6.07) is 3.37. The zero-order chi connectivity index (χ0) is 13.1. The van der Waals surface area contributed by atoms with Crippen molar-refractivity contribution in [1.29, 1.82) is 0 Å². The first kappa shape index (κ1) is 13.9. The Morgan fingerprint density at radius 3 is 2.65 bits per heavy atom. The van der Waals surface area contributed by atoms with Crippen LogP contribution in [0.5, 0.6) is 0 Å². The second-order valence-corrected chi connectivity index (χ2v) is 4.68. The van der Waals surface area contributed by atoms with Gasteiger partial charge in [-0.1, -0.05) is 0 Å². The largest absolute Gasteiger partial charge is 0.467 e. The molecule has 0 fully saturated rings. The van der Waals surface area contributed by atoms with E-state index >= 15 is 0 Å². The lowest BCUT2D eigenvalue weighted by molar-refractivity contribution is -0.158. The number of rotatable bonds is 4. The highest BCUT2D eigenvalue weighted by molar-refractivity contribution is 7.99. The molecule has 1 aromatic rings. The normalized spacial score (nSPS) is 14.2. The fourth-order valence-electron chi connectivity index (χ4n) is 1.07. The van der Waals surface area contributed by atoms with Gasteiger partial charge in [-0.15, -0.1) is 11.8 Å². The topological polar surface area (TPSA) is 46.5 Å². The number of hydrogen-bond donors (Lipinski definition) is 1. The Hall–Kier alpha value is -1.14. The Morgan fingerprint density at radius 2 is 2.12 bits per heavy atom. The van der Waals surface area contributed by atoms with Gasteiger partial charge >= 0.3 is 5.97 Å². The van der Waals surface area contributed by atoms with Gasteiger partial charge in [0.2, 0.25) is 0 Å². The molecule has 0 aliphatic heterocycles. The summed E-state index contributed by atoms with van der Waals surface area (Å²) in [5, 5.41) is 9.70. The average molecular weight is 262 g/mol. The smallest absolute Gasteiger partial charge is 0.338 e.